The Labute approximate surface area is 99.9 Å². The summed E-state index contributed by atoms with van der Waals surface area (Å²) in [7, 11) is 0. The second-order valence-corrected chi connectivity index (χ2v) is 3.48. The van der Waals surface area contributed by atoms with E-state index in [2.05, 4.69) is 15.0 Å². The molecule has 0 aliphatic heterocycles. The van der Waals surface area contributed by atoms with Crippen molar-refractivity contribution in [1.82, 2.24) is 15.0 Å². The van der Waals surface area contributed by atoms with Crippen molar-refractivity contribution < 1.29 is 9.90 Å². The number of nitrogens with zero attached hydrogens (tertiary/aromatic N) is 2. The van der Waals surface area contributed by atoms with E-state index in [-0.39, 0.29) is 5.82 Å². The van der Waals surface area contributed by atoms with Gasteiger partial charge in [-0.1, -0.05) is 17.7 Å². The number of carboxylic acids is 1. The Hall–Kier alpha value is -2.21. The van der Waals surface area contributed by atoms with Gasteiger partial charge >= 0.3 is 5.97 Å². The van der Waals surface area contributed by atoms with Crippen LogP contribution in [0.1, 0.15) is 10.5 Å². The SMILES string of the molecule is O=C(O)c1nc(-c2ccccn2)[nH]c(=O)c1Cl. The van der Waals surface area contributed by atoms with Crippen molar-refractivity contribution in [2.75, 3.05) is 0 Å². The fourth-order valence-corrected chi connectivity index (χ4v) is 1.39. The molecule has 0 atom stereocenters. The maximum absolute atomic E-state index is 11.4. The zero-order valence-electron chi connectivity index (χ0n) is 8.35. The van der Waals surface area contributed by atoms with Gasteiger partial charge in [0.2, 0.25) is 0 Å². The van der Waals surface area contributed by atoms with Gasteiger partial charge in [-0.2, -0.15) is 0 Å². The first-order valence-corrected chi connectivity index (χ1v) is 4.92. The number of H-pyrrole nitrogens is 1. The van der Waals surface area contributed by atoms with Crippen molar-refractivity contribution in [1.29, 1.82) is 0 Å². The van der Waals surface area contributed by atoms with Crippen molar-refractivity contribution in [3.8, 4) is 11.5 Å². The number of aromatic carboxylic acids is 1. The summed E-state index contributed by atoms with van der Waals surface area (Å²) < 4.78 is 0. The van der Waals surface area contributed by atoms with Gasteiger partial charge in [-0.25, -0.2) is 9.78 Å². The molecule has 0 saturated carbocycles. The Kier molecular flexibility index (Phi) is 2.88. The summed E-state index contributed by atoms with van der Waals surface area (Å²) in [5, 5.41) is 8.39. The minimum absolute atomic E-state index is 0.0670. The molecule has 0 bridgehead atoms. The third kappa shape index (κ3) is 2.16. The molecule has 0 spiro atoms. The van der Waals surface area contributed by atoms with Gasteiger partial charge < -0.3 is 10.1 Å². The Bertz CT molecular complexity index is 624. The molecule has 17 heavy (non-hydrogen) atoms. The minimum Gasteiger partial charge on any atom is -0.476 e. The van der Waals surface area contributed by atoms with Crippen molar-refractivity contribution in [3.05, 3.63) is 45.5 Å². The first-order valence-electron chi connectivity index (χ1n) is 4.54. The predicted octanol–water partition coefficient (Wildman–Crippen LogP) is 1.18. The zero-order valence-corrected chi connectivity index (χ0v) is 9.10. The van der Waals surface area contributed by atoms with Crippen LogP contribution >= 0.6 is 11.6 Å². The summed E-state index contributed by atoms with van der Waals surface area (Å²) in [5.41, 5.74) is -0.834. The van der Waals surface area contributed by atoms with E-state index in [0.29, 0.717) is 5.69 Å². The predicted molar refractivity (Wildman–Crippen MR) is 60.1 cm³/mol. The van der Waals surface area contributed by atoms with E-state index in [9.17, 15) is 9.59 Å². The number of carbonyl (C=O) groups is 1. The van der Waals surface area contributed by atoms with Crippen LogP contribution < -0.4 is 5.56 Å². The third-order valence-corrected chi connectivity index (χ3v) is 2.32. The zero-order chi connectivity index (χ0) is 12.4. The number of aromatic nitrogens is 3. The molecule has 2 N–H and O–H groups in total. The molecule has 0 aliphatic rings. The lowest BCUT2D eigenvalue weighted by molar-refractivity contribution is 0.0690. The lowest BCUT2D eigenvalue weighted by atomic mass is 10.3. The molecule has 2 rings (SSSR count). The molecule has 2 aromatic heterocycles. The average molecular weight is 252 g/mol. The number of hydrogen-bond acceptors (Lipinski definition) is 4. The van der Waals surface area contributed by atoms with Gasteiger partial charge in [0.1, 0.15) is 10.7 Å². The minimum atomic E-state index is -1.36. The highest BCUT2D eigenvalue weighted by molar-refractivity contribution is 6.33. The van der Waals surface area contributed by atoms with Gasteiger partial charge in [0.25, 0.3) is 5.56 Å². The fourth-order valence-electron chi connectivity index (χ4n) is 1.22. The highest BCUT2D eigenvalue weighted by Crippen LogP contribution is 2.13. The molecule has 0 saturated heterocycles. The van der Waals surface area contributed by atoms with Gasteiger partial charge in [0, 0.05) is 6.20 Å². The summed E-state index contributed by atoms with van der Waals surface area (Å²) in [6.07, 6.45) is 1.50. The van der Waals surface area contributed by atoms with Crippen LogP contribution in [0.4, 0.5) is 0 Å². The molecular formula is C10H6ClN3O3. The number of nitrogens with one attached hydrogen (secondary N) is 1. The molecule has 2 aromatic rings. The Morgan fingerprint density at radius 3 is 2.76 bits per heavy atom. The van der Waals surface area contributed by atoms with Crippen molar-refractivity contribution in [2.45, 2.75) is 0 Å². The normalized spacial score (nSPS) is 10.2. The first-order chi connectivity index (χ1) is 8.09. The molecule has 7 heteroatoms. The lowest BCUT2D eigenvalue weighted by Crippen LogP contribution is -2.16. The smallest absolute Gasteiger partial charge is 0.356 e. The summed E-state index contributed by atoms with van der Waals surface area (Å²) >= 11 is 5.54. The van der Waals surface area contributed by atoms with E-state index in [0.717, 1.165) is 0 Å². The molecular weight excluding hydrogens is 246 g/mol. The molecule has 0 aromatic carbocycles. The van der Waals surface area contributed by atoms with Crippen LogP contribution in [0.15, 0.2) is 29.2 Å². The molecule has 2 heterocycles. The average Bonchev–Trinajstić information content (AvgIpc) is 2.33. The van der Waals surface area contributed by atoms with Gasteiger partial charge in [-0.15, -0.1) is 0 Å². The summed E-state index contributed by atoms with van der Waals surface area (Å²) in [6.45, 7) is 0. The quantitative estimate of drug-likeness (QED) is 0.836. The molecule has 0 unspecified atom stereocenters. The first kappa shape index (κ1) is 11.3. The summed E-state index contributed by atoms with van der Waals surface area (Å²) in [6, 6.07) is 4.98. The Morgan fingerprint density at radius 2 is 2.18 bits per heavy atom. The van der Waals surface area contributed by atoms with Crippen molar-refractivity contribution in [2.24, 2.45) is 0 Å². The van der Waals surface area contributed by atoms with Crippen LogP contribution in [0, 0.1) is 0 Å². The molecule has 0 amide bonds. The molecule has 0 radical (unpaired) electrons. The van der Waals surface area contributed by atoms with Crippen LogP contribution in [-0.2, 0) is 0 Å². The topological polar surface area (TPSA) is 95.9 Å². The van der Waals surface area contributed by atoms with Crippen molar-refractivity contribution in [3.63, 3.8) is 0 Å². The van der Waals surface area contributed by atoms with Crippen LogP contribution in [0.5, 0.6) is 0 Å². The van der Waals surface area contributed by atoms with Crippen LogP contribution in [0.3, 0.4) is 0 Å². The van der Waals surface area contributed by atoms with Crippen LogP contribution in [0.25, 0.3) is 11.5 Å². The molecule has 0 fully saturated rings. The Morgan fingerprint density at radius 1 is 1.41 bits per heavy atom. The van der Waals surface area contributed by atoms with Gasteiger partial charge in [-0.05, 0) is 12.1 Å². The maximum atomic E-state index is 11.4. The maximum Gasteiger partial charge on any atom is 0.356 e. The van der Waals surface area contributed by atoms with E-state index in [1.54, 1.807) is 18.2 Å². The summed E-state index contributed by atoms with van der Waals surface area (Å²) in [4.78, 5) is 32.3. The second kappa shape index (κ2) is 4.34. The second-order valence-electron chi connectivity index (χ2n) is 3.10. The standard InChI is InChI=1S/C10H6ClN3O3/c11-6-7(10(16)17)13-8(14-9(6)15)5-3-1-2-4-12-5/h1-4H,(H,16,17)(H,13,14,15). The van der Waals surface area contributed by atoms with E-state index in [1.807, 2.05) is 0 Å². The highest BCUT2D eigenvalue weighted by atomic mass is 35.5. The van der Waals surface area contributed by atoms with Gasteiger partial charge in [0.15, 0.2) is 11.5 Å². The van der Waals surface area contributed by atoms with Crippen molar-refractivity contribution >= 4 is 17.6 Å². The number of carboxylic acid groups (broad SMARTS) is 1. The van der Waals surface area contributed by atoms with Gasteiger partial charge in [0.05, 0.1) is 0 Å². The largest absolute Gasteiger partial charge is 0.476 e. The summed E-state index contributed by atoms with van der Waals surface area (Å²) in [5.74, 6) is -1.30. The Balaban J connectivity index is 2.66. The number of halogens is 1. The van der Waals surface area contributed by atoms with E-state index in [1.165, 1.54) is 6.20 Å². The number of rotatable bonds is 2. The molecule has 86 valence electrons. The van der Waals surface area contributed by atoms with E-state index in [4.69, 9.17) is 16.7 Å². The third-order valence-electron chi connectivity index (χ3n) is 1.97. The van der Waals surface area contributed by atoms with Gasteiger partial charge in [-0.3, -0.25) is 9.78 Å². The van der Waals surface area contributed by atoms with E-state index < -0.39 is 22.2 Å². The van der Waals surface area contributed by atoms with E-state index >= 15 is 0 Å². The number of pyridine rings is 1. The van der Waals surface area contributed by atoms with Crippen LogP contribution in [0.2, 0.25) is 5.02 Å². The molecule has 0 aliphatic carbocycles. The van der Waals surface area contributed by atoms with Crippen LogP contribution in [-0.4, -0.2) is 26.0 Å². The molecule has 6 nitrogen and oxygen atoms in total. The highest BCUT2D eigenvalue weighted by Gasteiger charge is 2.16. The number of hydrogen-bond donors (Lipinski definition) is 2. The monoisotopic (exact) mass is 251 g/mol. The number of aromatic amines is 1. The fraction of sp³-hybridized carbons (Fsp3) is 0. The lowest BCUT2D eigenvalue weighted by Gasteiger charge is -2.02.